The maximum atomic E-state index is 15.3. The lowest BCUT2D eigenvalue weighted by Crippen LogP contribution is -2.47. The smallest absolute Gasteiger partial charge is 0.303 e. The van der Waals surface area contributed by atoms with E-state index in [0.717, 1.165) is 17.7 Å². The Kier molecular flexibility index (Phi) is 4.63. The first-order valence-electron chi connectivity index (χ1n) is 10.0. The Balaban J connectivity index is 1.67. The predicted molar refractivity (Wildman–Crippen MR) is 101 cm³/mol. The van der Waals surface area contributed by atoms with Crippen LogP contribution in [-0.4, -0.2) is 46.9 Å². The zero-order valence-corrected chi connectivity index (χ0v) is 16.5. The molecule has 29 heavy (non-hydrogen) atoms. The van der Waals surface area contributed by atoms with Crippen LogP contribution in [0.1, 0.15) is 63.0 Å². The zero-order valence-electron chi connectivity index (χ0n) is 16.5. The molecule has 1 aliphatic carbocycles. The Morgan fingerprint density at radius 3 is 2.55 bits per heavy atom. The number of aliphatic carboxylic acids is 1. The van der Waals surface area contributed by atoms with E-state index in [1.54, 1.807) is 13.8 Å². The van der Waals surface area contributed by atoms with Crippen molar-refractivity contribution >= 4 is 23.5 Å². The highest BCUT2D eigenvalue weighted by Crippen LogP contribution is 2.51. The fourth-order valence-electron chi connectivity index (χ4n) is 4.55. The molecular formula is C21H24F2N2O4. The summed E-state index contributed by atoms with van der Waals surface area (Å²) in [6.07, 6.45) is 2.16. The Morgan fingerprint density at radius 2 is 1.93 bits per heavy atom. The lowest BCUT2D eigenvalue weighted by molar-refractivity contribution is -0.137. The summed E-state index contributed by atoms with van der Waals surface area (Å²) in [5, 5.41) is 8.77. The van der Waals surface area contributed by atoms with E-state index in [1.165, 1.54) is 11.0 Å². The lowest BCUT2D eigenvalue weighted by Gasteiger charge is -2.26. The van der Waals surface area contributed by atoms with Gasteiger partial charge in [0, 0.05) is 25.1 Å². The van der Waals surface area contributed by atoms with E-state index in [9.17, 15) is 14.4 Å². The van der Waals surface area contributed by atoms with Gasteiger partial charge in [-0.1, -0.05) is 0 Å². The molecule has 1 N–H and O–H groups in total. The van der Waals surface area contributed by atoms with Crippen molar-refractivity contribution < 1.29 is 28.3 Å². The molecule has 6 nitrogen and oxygen atoms in total. The third-order valence-electron chi connectivity index (χ3n) is 6.25. The molecule has 0 bridgehead atoms. The predicted octanol–water partition coefficient (Wildman–Crippen LogP) is 2.93. The fraction of sp³-hybridized carbons (Fsp3) is 0.571. The first-order chi connectivity index (χ1) is 13.6. The number of carboxylic acid groups (broad SMARTS) is 1. The summed E-state index contributed by atoms with van der Waals surface area (Å²) in [5.74, 6) is -2.98. The maximum Gasteiger partial charge on any atom is 0.303 e. The first-order valence-corrected chi connectivity index (χ1v) is 10.0. The molecule has 8 heteroatoms. The molecule has 1 atom stereocenters. The fourth-order valence-corrected chi connectivity index (χ4v) is 4.55. The molecule has 1 saturated carbocycles. The minimum atomic E-state index is -1.26. The van der Waals surface area contributed by atoms with Crippen molar-refractivity contribution in [1.29, 1.82) is 0 Å². The van der Waals surface area contributed by atoms with Crippen molar-refractivity contribution in [2.45, 2.75) is 63.3 Å². The van der Waals surface area contributed by atoms with E-state index in [-0.39, 0.29) is 36.0 Å². The van der Waals surface area contributed by atoms with Gasteiger partial charge in [0.1, 0.15) is 17.7 Å². The van der Waals surface area contributed by atoms with E-state index in [1.807, 2.05) is 0 Å². The summed E-state index contributed by atoms with van der Waals surface area (Å²) in [5.41, 5.74) is -1.02. The average Bonchev–Trinajstić information content (AvgIpc) is 3.39. The van der Waals surface area contributed by atoms with Gasteiger partial charge in [-0.3, -0.25) is 19.3 Å². The zero-order chi connectivity index (χ0) is 21.1. The van der Waals surface area contributed by atoms with Crippen LogP contribution < -0.4 is 4.90 Å². The lowest BCUT2D eigenvalue weighted by atomic mass is 9.84. The second-order valence-corrected chi connectivity index (χ2v) is 8.69. The molecule has 0 unspecified atom stereocenters. The quantitative estimate of drug-likeness (QED) is 0.788. The Bertz CT molecular complexity index is 910. The van der Waals surface area contributed by atoms with Gasteiger partial charge in [0.25, 0.3) is 0 Å². The number of carboxylic acids is 1. The minimum Gasteiger partial charge on any atom is -0.481 e. The van der Waals surface area contributed by atoms with Gasteiger partial charge in [-0.05, 0) is 57.1 Å². The summed E-state index contributed by atoms with van der Waals surface area (Å²) in [4.78, 5) is 39.4. The van der Waals surface area contributed by atoms with Crippen LogP contribution >= 0.6 is 0 Å². The molecular weight excluding hydrogens is 382 g/mol. The number of halogens is 2. The van der Waals surface area contributed by atoms with Crippen LogP contribution in [0.2, 0.25) is 0 Å². The maximum absolute atomic E-state index is 15.3. The Hall–Kier alpha value is -2.51. The van der Waals surface area contributed by atoms with Gasteiger partial charge >= 0.3 is 5.97 Å². The summed E-state index contributed by atoms with van der Waals surface area (Å²) in [7, 11) is 0. The number of benzene rings is 1. The van der Waals surface area contributed by atoms with E-state index < -0.39 is 35.0 Å². The summed E-state index contributed by atoms with van der Waals surface area (Å²) in [6, 6.07) is 0.283. The second kappa shape index (κ2) is 6.78. The molecule has 2 fully saturated rings. The monoisotopic (exact) mass is 406 g/mol. The normalized spacial score (nSPS) is 23.1. The summed E-state index contributed by atoms with van der Waals surface area (Å²) >= 11 is 0. The van der Waals surface area contributed by atoms with Gasteiger partial charge in [-0.15, -0.1) is 0 Å². The second-order valence-electron chi connectivity index (χ2n) is 8.69. The van der Waals surface area contributed by atoms with Gasteiger partial charge in [-0.25, -0.2) is 8.78 Å². The number of nitrogens with zero attached hydrogens (tertiary/aromatic N) is 2. The van der Waals surface area contributed by atoms with Crippen molar-refractivity contribution in [3.63, 3.8) is 0 Å². The molecule has 1 aromatic rings. The van der Waals surface area contributed by atoms with Crippen molar-refractivity contribution in [3.8, 4) is 0 Å². The number of hydrogen-bond acceptors (Lipinski definition) is 3. The number of anilines is 1. The van der Waals surface area contributed by atoms with Crippen molar-refractivity contribution in [3.05, 3.63) is 28.8 Å². The van der Waals surface area contributed by atoms with Crippen molar-refractivity contribution in [2.24, 2.45) is 0 Å². The number of hydrogen-bond donors (Lipinski definition) is 1. The number of carbonyl (C=O) groups excluding carboxylic acids is 2. The molecule has 1 aromatic carbocycles. The number of fused-ring (bicyclic) bond motifs is 1. The number of likely N-dealkylation sites (tertiary alicyclic amines) is 1. The molecule has 2 aliphatic heterocycles. The Labute approximate surface area is 167 Å². The van der Waals surface area contributed by atoms with E-state index in [0.29, 0.717) is 24.9 Å². The van der Waals surface area contributed by atoms with Gasteiger partial charge < -0.3 is 10.0 Å². The minimum absolute atomic E-state index is 0.00686. The van der Waals surface area contributed by atoms with Crippen molar-refractivity contribution in [1.82, 2.24) is 4.90 Å². The topological polar surface area (TPSA) is 77.9 Å². The highest BCUT2D eigenvalue weighted by atomic mass is 19.1. The third-order valence-corrected chi connectivity index (χ3v) is 6.25. The van der Waals surface area contributed by atoms with Crippen LogP contribution in [0.25, 0.3) is 0 Å². The third kappa shape index (κ3) is 3.09. The SMILES string of the molecule is CC1(C)C(=O)N([C@H]2CCN(CCCC(=O)O)C2=O)c2c(F)cc(C3CC3)c(F)c21. The summed E-state index contributed by atoms with van der Waals surface area (Å²) in [6.45, 7) is 3.75. The van der Waals surface area contributed by atoms with E-state index >= 15 is 8.78 Å². The van der Waals surface area contributed by atoms with Gasteiger partial charge in [-0.2, -0.15) is 0 Å². The van der Waals surface area contributed by atoms with Crippen LogP contribution in [0, 0.1) is 11.6 Å². The van der Waals surface area contributed by atoms with Crippen LogP contribution in [0.4, 0.5) is 14.5 Å². The van der Waals surface area contributed by atoms with Crippen molar-refractivity contribution in [2.75, 3.05) is 18.0 Å². The molecule has 3 aliphatic rings. The molecule has 0 spiro atoms. The molecule has 1 saturated heterocycles. The average molecular weight is 406 g/mol. The van der Waals surface area contributed by atoms with Gasteiger partial charge in [0.15, 0.2) is 0 Å². The van der Waals surface area contributed by atoms with Gasteiger partial charge in [0.05, 0.1) is 11.1 Å². The number of amides is 2. The largest absolute Gasteiger partial charge is 0.481 e. The molecule has 0 radical (unpaired) electrons. The number of rotatable bonds is 6. The summed E-state index contributed by atoms with van der Waals surface area (Å²) < 4.78 is 30.4. The first kappa shape index (κ1) is 19.8. The van der Waals surface area contributed by atoms with Crippen LogP contribution in [0.5, 0.6) is 0 Å². The van der Waals surface area contributed by atoms with Crippen LogP contribution in [0.3, 0.4) is 0 Å². The molecule has 2 amide bonds. The highest BCUT2D eigenvalue weighted by Gasteiger charge is 2.53. The van der Waals surface area contributed by atoms with Crippen LogP contribution in [0.15, 0.2) is 6.07 Å². The molecule has 156 valence electrons. The standard InChI is InChI=1S/C21H24F2N2O4/c1-21(2)16-17(23)12(11-5-6-11)10-13(22)18(16)25(20(21)29)14-7-9-24(19(14)28)8-3-4-15(26)27/h10-11,14H,3-9H2,1-2H3,(H,26,27)/t14-/m0/s1. The molecule has 2 heterocycles. The Morgan fingerprint density at radius 1 is 1.24 bits per heavy atom. The van der Waals surface area contributed by atoms with Gasteiger partial charge in [0.2, 0.25) is 11.8 Å². The molecule has 0 aromatic heterocycles. The van der Waals surface area contributed by atoms with Crippen LogP contribution in [-0.2, 0) is 19.8 Å². The number of carbonyl (C=O) groups is 3. The molecule has 4 rings (SSSR count). The highest BCUT2D eigenvalue weighted by molar-refractivity contribution is 6.12. The van der Waals surface area contributed by atoms with E-state index in [2.05, 4.69) is 0 Å². The van der Waals surface area contributed by atoms with E-state index in [4.69, 9.17) is 5.11 Å².